The van der Waals surface area contributed by atoms with Crippen molar-refractivity contribution in [1.29, 1.82) is 0 Å². The van der Waals surface area contributed by atoms with Crippen LogP contribution >= 0.6 is 23.2 Å². The number of amides is 1. The largest absolute Gasteiger partial charge is 0.480 e. The van der Waals surface area contributed by atoms with Crippen molar-refractivity contribution >= 4 is 45.1 Å². The first kappa shape index (κ1) is 20.0. The molecule has 0 heterocycles. The van der Waals surface area contributed by atoms with Gasteiger partial charge < -0.3 is 10.4 Å². The molecule has 0 radical (unpaired) electrons. The number of rotatable bonds is 6. The summed E-state index contributed by atoms with van der Waals surface area (Å²) in [6.07, 6.45) is 2.93. The van der Waals surface area contributed by atoms with Crippen molar-refractivity contribution in [2.75, 3.05) is 6.54 Å². The summed E-state index contributed by atoms with van der Waals surface area (Å²) in [5.74, 6) is -1.83. The first-order valence-corrected chi connectivity index (χ1v) is 9.89. The van der Waals surface area contributed by atoms with E-state index in [1.807, 2.05) is 0 Å². The highest BCUT2D eigenvalue weighted by atomic mass is 35.5. The topological polar surface area (TPSA) is 113 Å². The van der Waals surface area contributed by atoms with E-state index in [9.17, 15) is 23.1 Å². The second-order valence-electron chi connectivity index (χ2n) is 5.90. The van der Waals surface area contributed by atoms with Gasteiger partial charge in [0.1, 0.15) is 10.4 Å². The van der Waals surface area contributed by atoms with E-state index in [4.69, 9.17) is 23.2 Å². The zero-order valence-electron chi connectivity index (χ0n) is 13.2. The quantitative estimate of drug-likeness (QED) is 0.667. The van der Waals surface area contributed by atoms with E-state index in [2.05, 4.69) is 10.0 Å². The number of hydrogen-bond acceptors (Lipinski definition) is 4. The van der Waals surface area contributed by atoms with Crippen molar-refractivity contribution in [3.05, 3.63) is 28.2 Å². The van der Waals surface area contributed by atoms with Crippen molar-refractivity contribution in [1.82, 2.24) is 10.0 Å². The lowest BCUT2D eigenvalue weighted by Crippen LogP contribution is -2.57. The highest BCUT2D eigenvalue weighted by Crippen LogP contribution is 2.28. The fraction of sp³-hybridized carbons (Fsp3) is 0.467. The summed E-state index contributed by atoms with van der Waals surface area (Å²) in [4.78, 5) is 23.4. The lowest BCUT2D eigenvalue weighted by molar-refractivity contribution is -0.149. The van der Waals surface area contributed by atoms with Crippen molar-refractivity contribution in [3.8, 4) is 0 Å². The normalized spacial score (nSPS) is 17.0. The van der Waals surface area contributed by atoms with Gasteiger partial charge in [-0.15, -0.1) is 0 Å². The number of aliphatic carboxylic acids is 1. The Labute approximate surface area is 155 Å². The second-order valence-corrected chi connectivity index (χ2v) is 8.47. The van der Waals surface area contributed by atoms with Gasteiger partial charge in [0.2, 0.25) is 15.9 Å². The van der Waals surface area contributed by atoms with E-state index < -0.39 is 34.0 Å². The Kier molecular flexibility index (Phi) is 6.31. The first-order valence-electron chi connectivity index (χ1n) is 7.65. The third kappa shape index (κ3) is 4.84. The van der Waals surface area contributed by atoms with Gasteiger partial charge in [0.25, 0.3) is 0 Å². The molecule has 0 aromatic heterocycles. The van der Waals surface area contributed by atoms with Gasteiger partial charge >= 0.3 is 5.97 Å². The summed E-state index contributed by atoms with van der Waals surface area (Å²) in [7, 11) is -4.06. The molecule has 0 aliphatic heterocycles. The molecule has 0 spiro atoms. The molecule has 1 saturated carbocycles. The molecule has 3 N–H and O–H groups in total. The molecular formula is C15H18Cl2N2O5S. The van der Waals surface area contributed by atoms with Crippen LogP contribution in [-0.4, -0.2) is 37.5 Å². The number of halogens is 2. The van der Waals surface area contributed by atoms with Gasteiger partial charge in [0, 0.05) is 5.02 Å². The number of carbonyl (C=O) groups is 2. The molecule has 1 amide bonds. The molecule has 1 fully saturated rings. The van der Waals surface area contributed by atoms with Gasteiger partial charge in [-0.2, -0.15) is 0 Å². The van der Waals surface area contributed by atoms with Gasteiger partial charge in [0.15, 0.2) is 0 Å². The molecule has 0 atom stereocenters. The smallest absolute Gasteiger partial charge is 0.329 e. The van der Waals surface area contributed by atoms with E-state index in [0.717, 1.165) is 6.42 Å². The van der Waals surface area contributed by atoms with Crippen LogP contribution in [0, 0.1) is 0 Å². The lowest BCUT2D eigenvalue weighted by atomic mass is 9.81. The summed E-state index contributed by atoms with van der Waals surface area (Å²) in [6.45, 7) is -0.597. The fourth-order valence-corrected chi connectivity index (χ4v) is 4.52. The van der Waals surface area contributed by atoms with Crippen LogP contribution in [0.4, 0.5) is 0 Å². The minimum Gasteiger partial charge on any atom is -0.480 e. The fourth-order valence-electron chi connectivity index (χ4n) is 2.78. The minimum atomic E-state index is -4.06. The number of carboxylic acids is 1. The highest BCUT2D eigenvalue weighted by molar-refractivity contribution is 7.89. The van der Waals surface area contributed by atoms with Crippen LogP contribution in [0.1, 0.15) is 32.1 Å². The SMILES string of the molecule is O=C(CNS(=O)(=O)c1cc(Cl)ccc1Cl)NC1(C(=O)O)CCCCC1. The molecule has 7 nitrogen and oxygen atoms in total. The van der Waals surface area contributed by atoms with E-state index in [1.54, 1.807) is 0 Å². The number of sulfonamides is 1. The Hall–Kier alpha value is -1.35. The third-order valence-corrected chi connectivity index (χ3v) is 6.22. The Morgan fingerprint density at radius 3 is 2.40 bits per heavy atom. The maximum Gasteiger partial charge on any atom is 0.329 e. The molecule has 1 aliphatic carbocycles. The van der Waals surface area contributed by atoms with Gasteiger partial charge in [-0.1, -0.05) is 42.5 Å². The van der Waals surface area contributed by atoms with Crippen LogP contribution in [0.25, 0.3) is 0 Å². The van der Waals surface area contributed by atoms with Gasteiger partial charge in [0.05, 0.1) is 11.6 Å². The summed E-state index contributed by atoms with van der Waals surface area (Å²) in [5, 5.41) is 12.0. The van der Waals surface area contributed by atoms with E-state index in [0.29, 0.717) is 25.7 Å². The minimum absolute atomic E-state index is 0.0356. The average molecular weight is 409 g/mol. The summed E-state index contributed by atoms with van der Waals surface area (Å²) in [5.41, 5.74) is -1.34. The van der Waals surface area contributed by atoms with E-state index in [-0.39, 0.29) is 14.9 Å². The zero-order valence-corrected chi connectivity index (χ0v) is 15.5. The standard InChI is InChI=1S/C15H18Cl2N2O5S/c16-10-4-5-11(17)12(8-10)25(23,24)18-9-13(20)19-15(14(21)22)6-2-1-3-7-15/h4-5,8,18H,1-3,6-7,9H2,(H,19,20)(H,21,22). The molecule has 0 unspecified atom stereocenters. The average Bonchev–Trinajstić information content (AvgIpc) is 2.56. The molecule has 1 aliphatic rings. The lowest BCUT2D eigenvalue weighted by Gasteiger charge is -2.33. The molecule has 1 aromatic rings. The molecule has 2 rings (SSSR count). The third-order valence-electron chi connectivity index (χ3n) is 4.10. The number of carboxylic acid groups (broad SMARTS) is 1. The van der Waals surface area contributed by atoms with Crippen molar-refractivity contribution < 1.29 is 23.1 Å². The molecule has 10 heteroatoms. The summed E-state index contributed by atoms with van der Waals surface area (Å²) < 4.78 is 26.6. The number of benzene rings is 1. The van der Waals surface area contributed by atoms with Crippen molar-refractivity contribution in [3.63, 3.8) is 0 Å². The maximum atomic E-state index is 12.3. The maximum absolute atomic E-state index is 12.3. The van der Waals surface area contributed by atoms with Crippen LogP contribution < -0.4 is 10.0 Å². The Bertz CT molecular complexity index is 776. The van der Waals surface area contributed by atoms with Gasteiger partial charge in [-0.25, -0.2) is 17.9 Å². The molecule has 0 saturated heterocycles. The van der Waals surface area contributed by atoms with Crippen molar-refractivity contribution in [2.45, 2.75) is 42.5 Å². The Morgan fingerprint density at radius 2 is 1.80 bits per heavy atom. The van der Waals surface area contributed by atoms with Crippen LogP contribution in [0.15, 0.2) is 23.1 Å². The molecular weight excluding hydrogens is 391 g/mol. The van der Waals surface area contributed by atoms with Crippen LogP contribution in [-0.2, 0) is 19.6 Å². The molecule has 1 aromatic carbocycles. The number of carbonyl (C=O) groups excluding carboxylic acids is 1. The Balaban J connectivity index is 2.05. The highest BCUT2D eigenvalue weighted by Gasteiger charge is 2.40. The van der Waals surface area contributed by atoms with Crippen LogP contribution in [0.2, 0.25) is 10.0 Å². The van der Waals surface area contributed by atoms with Gasteiger partial charge in [-0.3, -0.25) is 4.79 Å². The molecule has 0 bridgehead atoms. The Morgan fingerprint density at radius 1 is 1.16 bits per heavy atom. The first-order chi connectivity index (χ1) is 11.7. The second kappa shape index (κ2) is 7.90. The summed E-state index contributed by atoms with van der Waals surface area (Å²) >= 11 is 11.6. The molecule has 25 heavy (non-hydrogen) atoms. The summed E-state index contributed by atoms with van der Waals surface area (Å²) in [6, 6.07) is 3.94. The predicted octanol–water partition coefficient (Wildman–Crippen LogP) is 2.18. The van der Waals surface area contributed by atoms with Crippen LogP contribution in [0.5, 0.6) is 0 Å². The van der Waals surface area contributed by atoms with Crippen molar-refractivity contribution in [2.24, 2.45) is 0 Å². The molecule has 138 valence electrons. The van der Waals surface area contributed by atoms with E-state index >= 15 is 0 Å². The monoisotopic (exact) mass is 408 g/mol. The number of hydrogen-bond donors (Lipinski definition) is 3. The van der Waals surface area contributed by atoms with Gasteiger partial charge in [-0.05, 0) is 31.0 Å². The zero-order chi connectivity index (χ0) is 18.7. The number of nitrogens with one attached hydrogen (secondary N) is 2. The van der Waals surface area contributed by atoms with Crippen LogP contribution in [0.3, 0.4) is 0 Å². The van der Waals surface area contributed by atoms with E-state index in [1.165, 1.54) is 18.2 Å². The predicted molar refractivity (Wildman–Crippen MR) is 93.2 cm³/mol.